The van der Waals surface area contributed by atoms with Crippen LogP contribution < -0.4 is 5.73 Å². The second-order valence-corrected chi connectivity index (χ2v) is 5.01. The standard InChI is InChI=1S/C13H13ClF3N3/c1-8(18)5-9-3-2-4-11(14)12(9)20-7-10(6-19-20)13(15,16)17/h2-4,6-8H,5,18H2,1H3. The van der Waals surface area contributed by atoms with Crippen molar-refractivity contribution in [2.45, 2.75) is 25.6 Å². The first-order valence-corrected chi connectivity index (χ1v) is 6.32. The van der Waals surface area contributed by atoms with Gasteiger partial charge in [0, 0.05) is 12.2 Å². The van der Waals surface area contributed by atoms with E-state index in [-0.39, 0.29) is 6.04 Å². The van der Waals surface area contributed by atoms with E-state index in [2.05, 4.69) is 5.10 Å². The van der Waals surface area contributed by atoms with E-state index in [4.69, 9.17) is 17.3 Å². The lowest BCUT2D eigenvalue weighted by atomic mass is 10.1. The minimum atomic E-state index is -4.43. The molecule has 3 nitrogen and oxygen atoms in total. The Morgan fingerprint density at radius 1 is 1.40 bits per heavy atom. The quantitative estimate of drug-likeness (QED) is 0.944. The van der Waals surface area contributed by atoms with Crippen LogP contribution in [0.5, 0.6) is 0 Å². The maximum absolute atomic E-state index is 12.6. The van der Waals surface area contributed by atoms with Gasteiger partial charge in [-0.3, -0.25) is 0 Å². The molecule has 1 unspecified atom stereocenters. The second-order valence-electron chi connectivity index (χ2n) is 4.60. The first-order chi connectivity index (χ1) is 9.29. The van der Waals surface area contributed by atoms with Gasteiger partial charge in [-0.2, -0.15) is 18.3 Å². The van der Waals surface area contributed by atoms with E-state index >= 15 is 0 Å². The van der Waals surface area contributed by atoms with Gasteiger partial charge in [0.2, 0.25) is 0 Å². The zero-order valence-electron chi connectivity index (χ0n) is 10.7. The van der Waals surface area contributed by atoms with Crippen LogP contribution in [0, 0.1) is 0 Å². The Morgan fingerprint density at radius 2 is 2.10 bits per heavy atom. The van der Waals surface area contributed by atoms with Gasteiger partial charge >= 0.3 is 6.18 Å². The predicted octanol–water partition coefficient (Wildman–Crippen LogP) is 3.43. The highest BCUT2D eigenvalue weighted by Gasteiger charge is 2.32. The van der Waals surface area contributed by atoms with Crippen LogP contribution in [0.25, 0.3) is 5.69 Å². The minimum Gasteiger partial charge on any atom is -0.328 e. The molecule has 2 rings (SSSR count). The van der Waals surface area contributed by atoms with Gasteiger partial charge in [0.1, 0.15) is 0 Å². The molecule has 0 saturated carbocycles. The van der Waals surface area contributed by atoms with Crippen LogP contribution in [-0.2, 0) is 12.6 Å². The van der Waals surface area contributed by atoms with Gasteiger partial charge in [0.15, 0.2) is 0 Å². The van der Waals surface area contributed by atoms with Crippen molar-refractivity contribution in [3.8, 4) is 5.69 Å². The van der Waals surface area contributed by atoms with Gasteiger partial charge in [0.05, 0.1) is 22.5 Å². The molecule has 1 aromatic heterocycles. The van der Waals surface area contributed by atoms with Gasteiger partial charge in [-0.05, 0) is 25.0 Å². The first-order valence-electron chi connectivity index (χ1n) is 5.94. The molecule has 7 heteroatoms. The molecule has 0 saturated heterocycles. The molecule has 0 amide bonds. The summed E-state index contributed by atoms with van der Waals surface area (Å²) >= 11 is 6.09. The summed E-state index contributed by atoms with van der Waals surface area (Å²) in [6, 6.07) is 4.98. The van der Waals surface area contributed by atoms with Crippen molar-refractivity contribution in [1.82, 2.24) is 9.78 Å². The Kier molecular flexibility index (Phi) is 4.06. The number of halogens is 4. The zero-order valence-corrected chi connectivity index (χ0v) is 11.4. The van der Waals surface area contributed by atoms with Crippen LogP contribution in [-0.4, -0.2) is 15.8 Å². The summed E-state index contributed by atoms with van der Waals surface area (Å²) < 4.78 is 39.0. The van der Waals surface area contributed by atoms with E-state index in [9.17, 15) is 13.2 Å². The number of alkyl halides is 3. The second kappa shape index (κ2) is 5.46. The van der Waals surface area contributed by atoms with E-state index in [1.807, 2.05) is 6.92 Å². The highest BCUT2D eigenvalue weighted by atomic mass is 35.5. The lowest BCUT2D eigenvalue weighted by molar-refractivity contribution is -0.137. The lowest BCUT2D eigenvalue weighted by Gasteiger charge is -2.13. The molecule has 0 aliphatic rings. The Bertz CT molecular complexity index is 605. The van der Waals surface area contributed by atoms with E-state index in [1.165, 1.54) is 0 Å². The Morgan fingerprint density at radius 3 is 2.65 bits per heavy atom. The average molecular weight is 304 g/mol. The largest absolute Gasteiger partial charge is 0.419 e. The fourth-order valence-electron chi connectivity index (χ4n) is 1.92. The van der Waals surface area contributed by atoms with Gasteiger partial charge in [0.25, 0.3) is 0 Å². The number of para-hydroxylation sites is 1. The Labute approximate surface area is 119 Å². The van der Waals surface area contributed by atoms with E-state index in [0.29, 0.717) is 17.1 Å². The summed E-state index contributed by atoms with van der Waals surface area (Å²) in [7, 11) is 0. The van der Waals surface area contributed by atoms with Crippen LogP contribution in [0.1, 0.15) is 18.1 Å². The van der Waals surface area contributed by atoms with Crippen LogP contribution in [0.3, 0.4) is 0 Å². The monoisotopic (exact) mass is 303 g/mol. The summed E-state index contributed by atoms with van der Waals surface area (Å²) in [6.45, 7) is 1.81. The number of aromatic nitrogens is 2. The highest BCUT2D eigenvalue weighted by molar-refractivity contribution is 6.32. The van der Waals surface area contributed by atoms with Gasteiger partial charge in [-0.15, -0.1) is 0 Å². The molecular weight excluding hydrogens is 291 g/mol. The topological polar surface area (TPSA) is 43.8 Å². The molecule has 0 spiro atoms. The molecule has 2 aromatic rings. The molecule has 0 fully saturated rings. The van der Waals surface area contributed by atoms with Crippen LogP contribution >= 0.6 is 11.6 Å². The van der Waals surface area contributed by atoms with Crippen molar-refractivity contribution < 1.29 is 13.2 Å². The zero-order chi connectivity index (χ0) is 14.9. The summed E-state index contributed by atoms with van der Waals surface area (Å²) in [5, 5.41) is 4.09. The molecule has 1 aromatic carbocycles. The fraction of sp³-hybridized carbons (Fsp3) is 0.308. The van der Waals surface area contributed by atoms with Crippen molar-refractivity contribution in [2.75, 3.05) is 0 Å². The predicted molar refractivity (Wildman–Crippen MR) is 70.9 cm³/mol. The molecule has 0 bridgehead atoms. The third-order valence-corrected chi connectivity index (χ3v) is 3.06. The lowest BCUT2D eigenvalue weighted by Crippen LogP contribution is -2.19. The van der Waals surface area contributed by atoms with Crippen LogP contribution in [0.15, 0.2) is 30.6 Å². The van der Waals surface area contributed by atoms with Gasteiger partial charge < -0.3 is 5.73 Å². The average Bonchev–Trinajstić information content (AvgIpc) is 2.77. The molecule has 0 aliphatic heterocycles. The van der Waals surface area contributed by atoms with Crippen molar-refractivity contribution in [3.05, 3.63) is 46.7 Å². The molecule has 1 atom stereocenters. The van der Waals surface area contributed by atoms with Crippen LogP contribution in [0.2, 0.25) is 5.02 Å². The SMILES string of the molecule is CC(N)Cc1cccc(Cl)c1-n1cc(C(F)(F)F)cn1. The molecule has 2 N–H and O–H groups in total. The summed E-state index contributed by atoms with van der Waals surface area (Å²) in [4.78, 5) is 0. The molecule has 0 radical (unpaired) electrons. The van der Waals surface area contributed by atoms with E-state index in [0.717, 1.165) is 22.6 Å². The Hall–Kier alpha value is -1.53. The van der Waals surface area contributed by atoms with Crippen molar-refractivity contribution in [1.29, 1.82) is 0 Å². The summed E-state index contributed by atoms with van der Waals surface area (Å²) in [5.74, 6) is 0. The summed E-state index contributed by atoms with van der Waals surface area (Å²) in [5.41, 5.74) is 6.11. The Balaban J connectivity index is 2.49. The fourth-order valence-corrected chi connectivity index (χ4v) is 2.20. The third kappa shape index (κ3) is 3.13. The molecule has 20 heavy (non-hydrogen) atoms. The molecule has 108 valence electrons. The molecular formula is C13H13ClF3N3. The number of rotatable bonds is 3. The van der Waals surface area contributed by atoms with Gasteiger partial charge in [-0.1, -0.05) is 23.7 Å². The van der Waals surface area contributed by atoms with Gasteiger partial charge in [-0.25, -0.2) is 4.68 Å². The molecule has 1 heterocycles. The normalized spacial score (nSPS) is 13.5. The van der Waals surface area contributed by atoms with Crippen LogP contribution in [0.4, 0.5) is 13.2 Å². The van der Waals surface area contributed by atoms with E-state index < -0.39 is 11.7 Å². The smallest absolute Gasteiger partial charge is 0.328 e. The third-order valence-electron chi connectivity index (χ3n) is 2.75. The maximum Gasteiger partial charge on any atom is 0.419 e. The van der Waals surface area contributed by atoms with Crippen molar-refractivity contribution >= 4 is 11.6 Å². The summed E-state index contributed by atoms with van der Waals surface area (Å²) in [6.07, 6.45) is -2.23. The number of hydrogen-bond acceptors (Lipinski definition) is 2. The number of benzene rings is 1. The number of nitrogens with zero attached hydrogens (tertiary/aromatic N) is 2. The minimum absolute atomic E-state index is 0.134. The maximum atomic E-state index is 12.6. The number of hydrogen-bond donors (Lipinski definition) is 1. The molecule has 0 aliphatic carbocycles. The first kappa shape index (κ1) is 14.9. The number of nitrogens with two attached hydrogens (primary N) is 1. The van der Waals surface area contributed by atoms with Crippen molar-refractivity contribution in [3.63, 3.8) is 0 Å². The highest BCUT2D eigenvalue weighted by Crippen LogP contribution is 2.31. The van der Waals surface area contributed by atoms with Crippen molar-refractivity contribution in [2.24, 2.45) is 5.73 Å². The van der Waals surface area contributed by atoms with E-state index in [1.54, 1.807) is 18.2 Å².